The Morgan fingerprint density at radius 2 is 2.29 bits per heavy atom. The second-order valence-corrected chi connectivity index (χ2v) is 4.43. The molecule has 7 heteroatoms. The molecule has 0 bridgehead atoms. The number of rotatable bonds is 5. The summed E-state index contributed by atoms with van der Waals surface area (Å²) in [6, 6.07) is -0.543. The third kappa shape index (κ3) is 4.39. The first-order chi connectivity index (χ1) is 8.02. The van der Waals surface area contributed by atoms with Crippen LogP contribution < -0.4 is 16.4 Å². The maximum absolute atomic E-state index is 11.6. The molecule has 6 nitrogen and oxygen atoms in total. The highest BCUT2D eigenvalue weighted by atomic mass is 32.1. The molecule has 1 aromatic rings. The van der Waals surface area contributed by atoms with Crippen molar-refractivity contribution < 1.29 is 9.59 Å². The van der Waals surface area contributed by atoms with Crippen LogP contribution in [-0.2, 0) is 16.0 Å². The summed E-state index contributed by atoms with van der Waals surface area (Å²) >= 11 is 1.29. The molecule has 94 valence electrons. The molecule has 0 fully saturated rings. The number of carbonyl (C=O) groups excluding carboxylic acids is 2. The molecule has 1 heterocycles. The molecule has 17 heavy (non-hydrogen) atoms. The van der Waals surface area contributed by atoms with Gasteiger partial charge in [-0.15, -0.1) is 11.3 Å². The SMILES string of the molecule is CCNC(=O)C(C)NC(=O)Cc1csc(N)n1. The van der Waals surface area contributed by atoms with Crippen LogP contribution in [0.3, 0.4) is 0 Å². The highest BCUT2D eigenvalue weighted by molar-refractivity contribution is 7.13. The summed E-state index contributed by atoms with van der Waals surface area (Å²) in [6.45, 7) is 4.00. The third-order valence-corrected chi connectivity index (χ3v) is 2.76. The molecule has 1 rings (SSSR count). The summed E-state index contributed by atoms with van der Waals surface area (Å²) in [7, 11) is 0. The molecule has 2 amide bonds. The molecule has 0 aliphatic carbocycles. The van der Waals surface area contributed by atoms with Gasteiger partial charge in [0.15, 0.2) is 5.13 Å². The van der Waals surface area contributed by atoms with E-state index >= 15 is 0 Å². The van der Waals surface area contributed by atoms with Crippen LogP contribution in [0.15, 0.2) is 5.38 Å². The largest absolute Gasteiger partial charge is 0.375 e. The number of thiazole rings is 1. The van der Waals surface area contributed by atoms with Crippen molar-refractivity contribution in [3.8, 4) is 0 Å². The Bertz CT molecular complexity index is 405. The number of nitrogens with one attached hydrogen (secondary N) is 2. The number of amides is 2. The van der Waals surface area contributed by atoms with E-state index in [-0.39, 0.29) is 18.2 Å². The molecule has 4 N–H and O–H groups in total. The number of hydrogen-bond acceptors (Lipinski definition) is 5. The van der Waals surface area contributed by atoms with Crippen LogP contribution in [0.1, 0.15) is 19.5 Å². The highest BCUT2D eigenvalue weighted by Crippen LogP contribution is 2.11. The van der Waals surface area contributed by atoms with Crippen molar-refractivity contribution in [1.29, 1.82) is 0 Å². The first-order valence-corrected chi connectivity index (χ1v) is 6.17. The second-order valence-electron chi connectivity index (χ2n) is 3.54. The lowest BCUT2D eigenvalue weighted by Crippen LogP contribution is -2.45. The summed E-state index contributed by atoms with van der Waals surface area (Å²) in [5.41, 5.74) is 6.07. The van der Waals surface area contributed by atoms with Gasteiger partial charge in [0.1, 0.15) is 6.04 Å². The summed E-state index contributed by atoms with van der Waals surface area (Å²) in [6.07, 6.45) is 0.136. The molecular weight excluding hydrogens is 240 g/mol. The first-order valence-electron chi connectivity index (χ1n) is 5.30. The number of nitrogens with zero attached hydrogens (tertiary/aromatic N) is 1. The van der Waals surface area contributed by atoms with Crippen molar-refractivity contribution in [3.63, 3.8) is 0 Å². The molecule has 0 aliphatic rings. The Morgan fingerprint density at radius 3 is 2.82 bits per heavy atom. The lowest BCUT2D eigenvalue weighted by Gasteiger charge is -2.12. The number of likely N-dealkylation sites (N-methyl/N-ethyl adjacent to an activating group) is 1. The summed E-state index contributed by atoms with van der Waals surface area (Å²) < 4.78 is 0. The maximum Gasteiger partial charge on any atom is 0.242 e. The quantitative estimate of drug-likeness (QED) is 0.685. The maximum atomic E-state index is 11.6. The molecule has 0 saturated carbocycles. The number of aromatic nitrogens is 1. The van der Waals surface area contributed by atoms with Crippen molar-refractivity contribution in [2.24, 2.45) is 0 Å². The van der Waals surface area contributed by atoms with E-state index in [1.807, 2.05) is 6.92 Å². The predicted molar refractivity (Wildman–Crippen MR) is 66.5 cm³/mol. The van der Waals surface area contributed by atoms with Crippen molar-refractivity contribution in [2.75, 3.05) is 12.3 Å². The fraction of sp³-hybridized carbons (Fsp3) is 0.500. The zero-order chi connectivity index (χ0) is 12.8. The zero-order valence-electron chi connectivity index (χ0n) is 9.82. The Kier molecular flexibility index (Phi) is 4.89. The van der Waals surface area contributed by atoms with E-state index < -0.39 is 6.04 Å². The minimum atomic E-state index is -0.543. The Hall–Kier alpha value is -1.63. The van der Waals surface area contributed by atoms with Gasteiger partial charge in [-0.3, -0.25) is 9.59 Å². The van der Waals surface area contributed by atoms with E-state index in [2.05, 4.69) is 15.6 Å². The van der Waals surface area contributed by atoms with Crippen LogP contribution in [0.2, 0.25) is 0 Å². The van der Waals surface area contributed by atoms with E-state index in [1.54, 1.807) is 12.3 Å². The molecule has 0 saturated heterocycles. The van der Waals surface area contributed by atoms with Crippen LogP contribution in [0.25, 0.3) is 0 Å². The molecule has 0 aliphatic heterocycles. The molecular formula is C10H16N4O2S. The van der Waals surface area contributed by atoms with Gasteiger partial charge in [0.25, 0.3) is 0 Å². The Balaban J connectivity index is 2.41. The monoisotopic (exact) mass is 256 g/mol. The Morgan fingerprint density at radius 1 is 1.59 bits per heavy atom. The third-order valence-electron chi connectivity index (χ3n) is 2.03. The van der Waals surface area contributed by atoms with Gasteiger partial charge < -0.3 is 16.4 Å². The average molecular weight is 256 g/mol. The fourth-order valence-electron chi connectivity index (χ4n) is 1.25. The molecule has 1 unspecified atom stereocenters. The normalized spacial score (nSPS) is 11.9. The summed E-state index contributed by atoms with van der Waals surface area (Å²) in [5, 5.41) is 7.39. The number of nitrogen functional groups attached to an aromatic ring is 1. The van der Waals surface area contributed by atoms with Gasteiger partial charge in [0, 0.05) is 11.9 Å². The fourth-order valence-corrected chi connectivity index (χ4v) is 1.82. The first kappa shape index (κ1) is 13.4. The molecule has 0 aromatic carbocycles. The smallest absolute Gasteiger partial charge is 0.242 e. The molecule has 0 radical (unpaired) electrons. The van der Waals surface area contributed by atoms with Crippen LogP contribution in [0.4, 0.5) is 5.13 Å². The van der Waals surface area contributed by atoms with Crippen LogP contribution in [0, 0.1) is 0 Å². The minimum Gasteiger partial charge on any atom is -0.375 e. The lowest BCUT2D eigenvalue weighted by molar-refractivity contribution is -0.128. The van der Waals surface area contributed by atoms with Crippen molar-refractivity contribution >= 4 is 28.3 Å². The lowest BCUT2D eigenvalue weighted by atomic mass is 10.2. The predicted octanol–water partition coefficient (Wildman–Crippen LogP) is -0.0914. The van der Waals surface area contributed by atoms with Gasteiger partial charge in [-0.05, 0) is 13.8 Å². The average Bonchev–Trinajstić information content (AvgIpc) is 2.64. The van der Waals surface area contributed by atoms with Gasteiger partial charge in [-0.25, -0.2) is 4.98 Å². The second kappa shape index (κ2) is 6.19. The number of nitrogens with two attached hydrogens (primary N) is 1. The van der Waals surface area contributed by atoms with E-state index in [1.165, 1.54) is 11.3 Å². The van der Waals surface area contributed by atoms with E-state index in [0.717, 1.165) is 0 Å². The van der Waals surface area contributed by atoms with Crippen LogP contribution in [-0.4, -0.2) is 29.4 Å². The zero-order valence-corrected chi connectivity index (χ0v) is 10.6. The van der Waals surface area contributed by atoms with E-state index in [4.69, 9.17) is 5.73 Å². The Labute approximate surface area is 104 Å². The standard InChI is InChI=1S/C10H16N4O2S/c1-3-12-9(16)6(2)13-8(15)4-7-5-17-10(11)14-7/h5-6H,3-4H2,1-2H3,(H2,11,14)(H,12,16)(H,13,15). The van der Waals surface area contributed by atoms with Crippen LogP contribution >= 0.6 is 11.3 Å². The minimum absolute atomic E-state index is 0.136. The molecule has 0 spiro atoms. The topological polar surface area (TPSA) is 97.1 Å². The summed E-state index contributed by atoms with van der Waals surface area (Å²) in [5.74, 6) is -0.437. The van der Waals surface area contributed by atoms with E-state index in [0.29, 0.717) is 17.4 Å². The van der Waals surface area contributed by atoms with Gasteiger partial charge in [0.2, 0.25) is 11.8 Å². The number of carbonyl (C=O) groups is 2. The van der Waals surface area contributed by atoms with Crippen LogP contribution in [0.5, 0.6) is 0 Å². The van der Waals surface area contributed by atoms with E-state index in [9.17, 15) is 9.59 Å². The number of anilines is 1. The van der Waals surface area contributed by atoms with Gasteiger partial charge in [-0.2, -0.15) is 0 Å². The van der Waals surface area contributed by atoms with Crippen molar-refractivity contribution in [1.82, 2.24) is 15.6 Å². The number of hydrogen-bond donors (Lipinski definition) is 3. The van der Waals surface area contributed by atoms with Gasteiger partial charge in [0.05, 0.1) is 12.1 Å². The van der Waals surface area contributed by atoms with Gasteiger partial charge in [-0.1, -0.05) is 0 Å². The summed E-state index contributed by atoms with van der Waals surface area (Å²) in [4.78, 5) is 26.9. The molecule has 1 atom stereocenters. The van der Waals surface area contributed by atoms with Crippen molar-refractivity contribution in [2.45, 2.75) is 26.3 Å². The van der Waals surface area contributed by atoms with Crippen molar-refractivity contribution in [3.05, 3.63) is 11.1 Å². The molecule has 1 aromatic heterocycles. The highest BCUT2D eigenvalue weighted by Gasteiger charge is 2.15. The van der Waals surface area contributed by atoms with Gasteiger partial charge >= 0.3 is 0 Å².